The highest BCUT2D eigenvalue weighted by molar-refractivity contribution is 5.05. The zero-order valence-corrected chi connectivity index (χ0v) is 8.05. The van der Waals surface area contributed by atoms with Gasteiger partial charge in [-0.2, -0.15) is 0 Å². The molecule has 2 rings (SSSR count). The standard InChI is InChI=1S/C10H19NO/c1-7-3-10(4-8(2)12-7)5-9(10)6-11/h7-9H,3-6,11H2,1-2H3. The molecule has 1 saturated carbocycles. The van der Waals surface area contributed by atoms with E-state index in [0.29, 0.717) is 17.6 Å². The normalized spacial score (nSPS) is 52.8. The van der Waals surface area contributed by atoms with Gasteiger partial charge in [-0.3, -0.25) is 0 Å². The molecular formula is C10H19NO. The van der Waals surface area contributed by atoms with Crippen LogP contribution >= 0.6 is 0 Å². The minimum Gasteiger partial charge on any atom is -0.376 e. The van der Waals surface area contributed by atoms with Crippen molar-refractivity contribution in [1.82, 2.24) is 0 Å². The third-order valence-corrected chi connectivity index (χ3v) is 3.50. The fourth-order valence-electron chi connectivity index (χ4n) is 2.99. The van der Waals surface area contributed by atoms with Gasteiger partial charge in [0, 0.05) is 0 Å². The molecule has 3 unspecified atom stereocenters. The van der Waals surface area contributed by atoms with Gasteiger partial charge in [-0.05, 0) is 51.0 Å². The summed E-state index contributed by atoms with van der Waals surface area (Å²) in [6.07, 6.45) is 4.72. The second-order valence-electron chi connectivity index (χ2n) is 4.66. The zero-order valence-electron chi connectivity index (χ0n) is 8.05. The summed E-state index contributed by atoms with van der Waals surface area (Å²) in [5.41, 5.74) is 6.28. The van der Waals surface area contributed by atoms with Gasteiger partial charge in [-0.1, -0.05) is 0 Å². The van der Waals surface area contributed by atoms with Gasteiger partial charge in [-0.15, -0.1) is 0 Å². The number of hydrogen-bond acceptors (Lipinski definition) is 2. The van der Waals surface area contributed by atoms with E-state index in [1.807, 2.05) is 0 Å². The maximum Gasteiger partial charge on any atom is 0.0556 e. The summed E-state index contributed by atoms with van der Waals surface area (Å²) < 4.78 is 5.71. The van der Waals surface area contributed by atoms with Crippen molar-refractivity contribution in [2.24, 2.45) is 17.1 Å². The van der Waals surface area contributed by atoms with Crippen LogP contribution in [-0.2, 0) is 4.74 Å². The van der Waals surface area contributed by atoms with E-state index in [1.165, 1.54) is 19.3 Å². The van der Waals surface area contributed by atoms with E-state index in [0.717, 1.165) is 12.5 Å². The molecule has 0 aromatic rings. The minimum absolute atomic E-state index is 0.449. The Balaban J connectivity index is 1.99. The Morgan fingerprint density at radius 2 is 1.83 bits per heavy atom. The van der Waals surface area contributed by atoms with Crippen LogP contribution in [0.15, 0.2) is 0 Å². The van der Waals surface area contributed by atoms with E-state index in [1.54, 1.807) is 0 Å². The quantitative estimate of drug-likeness (QED) is 0.646. The SMILES string of the molecule is CC1CC2(CC(C)O1)CC2CN. The number of nitrogens with two attached hydrogens (primary N) is 1. The maximum absolute atomic E-state index is 5.71. The Hall–Kier alpha value is -0.0800. The van der Waals surface area contributed by atoms with Crippen molar-refractivity contribution >= 4 is 0 Å². The van der Waals surface area contributed by atoms with Crippen molar-refractivity contribution in [3.05, 3.63) is 0 Å². The van der Waals surface area contributed by atoms with Crippen LogP contribution in [0.4, 0.5) is 0 Å². The summed E-state index contributed by atoms with van der Waals surface area (Å²) in [4.78, 5) is 0. The van der Waals surface area contributed by atoms with Crippen molar-refractivity contribution in [1.29, 1.82) is 0 Å². The average Bonchev–Trinajstić information content (AvgIpc) is 2.59. The van der Waals surface area contributed by atoms with Crippen LogP contribution < -0.4 is 5.73 Å². The second kappa shape index (κ2) is 2.71. The van der Waals surface area contributed by atoms with Crippen LogP contribution in [-0.4, -0.2) is 18.8 Å². The van der Waals surface area contributed by atoms with Crippen LogP contribution in [0.1, 0.15) is 33.1 Å². The Labute approximate surface area is 74.5 Å². The van der Waals surface area contributed by atoms with E-state index >= 15 is 0 Å². The van der Waals surface area contributed by atoms with Gasteiger partial charge < -0.3 is 10.5 Å². The molecule has 12 heavy (non-hydrogen) atoms. The lowest BCUT2D eigenvalue weighted by atomic mass is 9.87. The molecule has 1 aliphatic heterocycles. The molecule has 0 aromatic carbocycles. The molecule has 1 spiro atoms. The van der Waals surface area contributed by atoms with Crippen molar-refractivity contribution in [2.45, 2.75) is 45.3 Å². The third-order valence-electron chi connectivity index (χ3n) is 3.50. The van der Waals surface area contributed by atoms with Gasteiger partial charge >= 0.3 is 0 Å². The number of hydrogen-bond donors (Lipinski definition) is 1. The van der Waals surface area contributed by atoms with Crippen LogP contribution in [0.3, 0.4) is 0 Å². The molecular weight excluding hydrogens is 150 g/mol. The molecule has 2 heteroatoms. The Kier molecular flexibility index (Phi) is 1.92. The molecule has 2 fully saturated rings. The predicted octanol–water partition coefficient (Wildman–Crippen LogP) is 1.54. The van der Waals surface area contributed by atoms with Crippen LogP contribution in [0, 0.1) is 11.3 Å². The summed E-state index contributed by atoms with van der Waals surface area (Å²) in [5, 5.41) is 0. The Morgan fingerprint density at radius 3 is 2.25 bits per heavy atom. The fraction of sp³-hybridized carbons (Fsp3) is 1.00. The maximum atomic E-state index is 5.71. The summed E-state index contributed by atoms with van der Waals surface area (Å²) >= 11 is 0. The molecule has 0 radical (unpaired) electrons. The Bertz CT molecular complexity index is 171. The molecule has 1 saturated heterocycles. The fourth-order valence-corrected chi connectivity index (χ4v) is 2.99. The predicted molar refractivity (Wildman–Crippen MR) is 48.8 cm³/mol. The van der Waals surface area contributed by atoms with Gasteiger partial charge in [0.15, 0.2) is 0 Å². The molecule has 2 nitrogen and oxygen atoms in total. The number of rotatable bonds is 1. The first-order chi connectivity index (χ1) is 5.66. The van der Waals surface area contributed by atoms with E-state index in [4.69, 9.17) is 10.5 Å². The van der Waals surface area contributed by atoms with Crippen LogP contribution in [0.5, 0.6) is 0 Å². The van der Waals surface area contributed by atoms with E-state index < -0.39 is 0 Å². The molecule has 2 aliphatic rings. The monoisotopic (exact) mass is 169 g/mol. The highest BCUT2D eigenvalue weighted by Gasteiger charge is 2.55. The summed E-state index contributed by atoms with van der Waals surface area (Å²) in [5.74, 6) is 0.797. The first-order valence-corrected chi connectivity index (χ1v) is 5.02. The van der Waals surface area contributed by atoms with Crippen molar-refractivity contribution in [3.8, 4) is 0 Å². The molecule has 0 amide bonds. The lowest BCUT2D eigenvalue weighted by Gasteiger charge is -2.33. The van der Waals surface area contributed by atoms with E-state index in [9.17, 15) is 0 Å². The van der Waals surface area contributed by atoms with Gasteiger partial charge in [0.1, 0.15) is 0 Å². The van der Waals surface area contributed by atoms with Gasteiger partial charge in [0.25, 0.3) is 0 Å². The van der Waals surface area contributed by atoms with E-state index in [2.05, 4.69) is 13.8 Å². The highest BCUT2D eigenvalue weighted by atomic mass is 16.5. The molecule has 1 heterocycles. The first kappa shape index (κ1) is 8.52. The van der Waals surface area contributed by atoms with Crippen molar-refractivity contribution in [2.75, 3.05) is 6.54 Å². The molecule has 0 bridgehead atoms. The average molecular weight is 169 g/mol. The minimum atomic E-state index is 0.449. The summed E-state index contributed by atoms with van der Waals surface area (Å²) in [6.45, 7) is 5.24. The van der Waals surface area contributed by atoms with Gasteiger partial charge in [0.05, 0.1) is 12.2 Å². The van der Waals surface area contributed by atoms with Gasteiger partial charge in [0.2, 0.25) is 0 Å². The number of ether oxygens (including phenoxy) is 1. The summed E-state index contributed by atoms with van der Waals surface area (Å²) in [7, 11) is 0. The Morgan fingerprint density at radius 1 is 1.25 bits per heavy atom. The lowest BCUT2D eigenvalue weighted by molar-refractivity contribution is -0.0623. The molecule has 2 N–H and O–H groups in total. The first-order valence-electron chi connectivity index (χ1n) is 5.02. The second-order valence-corrected chi connectivity index (χ2v) is 4.66. The topological polar surface area (TPSA) is 35.2 Å². The van der Waals surface area contributed by atoms with Crippen LogP contribution in [0.2, 0.25) is 0 Å². The molecule has 1 aliphatic carbocycles. The zero-order chi connectivity index (χ0) is 8.77. The third kappa shape index (κ3) is 1.27. The molecule has 0 aromatic heterocycles. The lowest BCUT2D eigenvalue weighted by Crippen LogP contribution is -2.32. The van der Waals surface area contributed by atoms with Gasteiger partial charge in [-0.25, -0.2) is 0 Å². The van der Waals surface area contributed by atoms with Crippen molar-refractivity contribution in [3.63, 3.8) is 0 Å². The summed E-state index contributed by atoms with van der Waals surface area (Å²) in [6, 6.07) is 0. The molecule has 70 valence electrons. The largest absolute Gasteiger partial charge is 0.376 e. The van der Waals surface area contributed by atoms with E-state index in [-0.39, 0.29) is 0 Å². The van der Waals surface area contributed by atoms with Crippen LogP contribution in [0.25, 0.3) is 0 Å². The van der Waals surface area contributed by atoms with Crippen molar-refractivity contribution < 1.29 is 4.74 Å². The molecule has 3 atom stereocenters. The highest BCUT2D eigenvalue weighted by Crippen LogP contribution is 2.60. The smallest absolute Gasteiger partial charge is 0.0556 e.